The van der Waals surface area contributed by atoms with Gasteiger partial charge in [-0.05, 0) is 62.1 Å². The molecule has 2 N–H and O–H groups in total. The molecular weight excluding hydrogens is 517 g/mol. The van der Waals surface area contributed by atoms with E-state index in [4.69, 9.17) is 4.74 Å². The molecule has 1 aliphatic rings. The summed E-state index contributed by atoms with van der Waals surface area (Å²) in [4.78, 5) is 43.6. The number of rotatable bonds is 5. The Hall–Kier alpha value is -4.61. The molecule has 9 nitrogen and oxygen atoms in total. The van der Waals surface area contributed by atoms with Crippen LogP contribution < -0.4 is 21.3 Å². The summed E-state index contributed by atoms with van der Waals surface area (Å²) < 4.78 is 48.7. The van der Waals surface area contributed by atoms with Crippen molar-refractivity contribution in [2.24, 2.45) is 0 Å². The van der Waals surface area contributed by atoms with Crippen molar-refractivity contribution < 1.29 is 27.8 Å². The largest absolute Gasteiger partial charge is 0.504 e. The van der Waals surface area contributed by atoms with E-state index in [2.05, 4.69) is 10.3 Å². The first-order chi connectivity index (χ1) is 18.7. The molecule has 2 aromatic heterocycles. The van der Waals surface area contributed by atoms with Crippen LogP contribution in [0.15, 0.2) is 58.3 Å². The van der Waals surface area contributed by atoms with Crippen molar-refractivity contribution in [1.29, 1.82) is 0 Å². The molecule has 0 spiro atoms. The number of nitrogens with one attached hydrogen (secondary N) is 1. The maximum absolute atomic E-state index is 14.1. The standard InChI is InChI=1S/C27H23F3N4O5/c1-39-23-10-14(2-9-22(23)35)25(36)32-16-3-5-17(6-4-16)34-26(37)19-11-15(28)13-31-24(19)33(27(34)38)18-7-8-20(29)21(30)12-18/h2,7-13,16-17,35H,3-6H2,1H3,(H,32,36)/t16-,17+. The van der Waals surface area contributed by atoms with Crippen LogP contribution in [0.25, 0.3) is 16.7 Å². The van der Waals surface area contributed by atoms with Crippen LogP contribution in [0.4, 0.5) is 13.2 Å². The molecular formula is C27H23F3N4O5. The summed E-state index contributed by atoms with van der Waals surface area (Å²) in [6, 6.07) is 7.17. The van der Waals surface area contributed by atoms with Gasteiger partial charge in [0.15, 0.2) is 28.8 Å². The van der Waals surface area contributed by atoms with Crippen LogP contribution in [0.1, 0.15) is 42.1 Å². The zero-order valence-corrected chi connectivity index (χ0v) is 20.7. The predicted octanol–water partition coefficient (Wildman–Crippen LogP) is 3.59. The molecule has 39 heavy (non-hydrogen) atoms. The van der Waals surface area contributed by atoms with Gasteiger partial charge < -0.3 is 15.2 Å². The molecule has 2 aromatic carbocycles. The normalized spacial score (nSPS) is 17.2. The summed E-state index contributed by atoms with van der Waals surface area (Å²) in [6.45, 7) is 0. The summed E-state index contributed by atoms with van der Waals surface area (Å²) in [6.07, 6.45) is 2.37. The number of pyridine rings is 1. The van der Waals surface area contributed by atoms with Crippen LogP contribution in [-0.2, 0) is 0 Å². The number of fused-ring (bicyclic) bond motifs is 1. The third-order valence-electron chi connectivity index (χ3n) is 6.89. The Labute approximate surface area is 219 Å². The lowest BCUT2D eigenvalue weighted by Gasteiger charge is -2.30. The van der Waals surface area contributed by atoms with Crippen molar-refractivity contribution >= 4 is 16.9 Å². The van der Waals surface area contributed by atoms with E-state index >= 15 is 0 Å². The highest BCUT2D eigenvalue weighted by molar-refractivity contribution is 5.95. The van der Waals surface area contributed by atoms with Gasteiger partial charge in [-0.15, -0.1) is 0 Å². The van der Waals surface area contributed by atoms with Gasteiger partial charge in [0.05, 0.1) is 24.4 Å². The summed E-state index contributed by atoms with van der Waals surface area (Å²) in [5.74, 6) is -3.42. The van der Waals surface area contributed by atoms with E-state index in [0.717, 1.165) is 33.5 Å². The van der Waals surface area contributed by atoms with E-state index in [1.54, 1.807) is 0 Å². The van der Waals surface area contributed by atoms with Crippen LogP contribution in [-0.4, -0.2) is 38.3 Å². The summed E-state index contributed by atoms with van der Waals surface area (Å²) in [7, 11) is 1.37. The van der Waals surface area contributed by atoms with Gasteiger partial charge in [0.1, 0.15) is 5.82 Å². The van der Waals surface area contributed by atoms with E-state index in [0.29, 0.717) is 31.2 Å². The van der Waals surface area contributed by atoms with E-state index in [1.807, 2.05) is 0 Å². The fraction of sp³-hybridized carbons (Fsp3) is 0.259. The number of ether oxygens (including phenoxy) is 1. The van der Waals surface area contributed by atoms with Crippen LogP contribution >= 0.6 is 0 Å². The molecule has 5 rings (SSSR count). The maximum Gasteiger partial charge on any atom is 0.337 e. The molecule has 0 atom stereocenters. The fourth-order valence-electron chi connectivity index (χ4n) is 4.93. The molecule has 202 valence electrons. The second-order valence-electron chi connectivity index (χ2n) is 9.28. The molecule has 12 heteroatoms. The number of aromatic nitrogens is 3. The van der Waals surface area contributed by atoms with Gasteiger partial charge in [-0.3, -0.25) is 14.2 Å². The third-order valence-corrected chi connectivity index (χ3v) is 6.89. The Bertz CT molecular complexity index is 1710. The second kappa shape index (κ2) is 10.3. The number of nitrogens with zero attached hydrogens (tertiary/aromatic N) is 3. The number of phenolic OH excluding ortho intramolecular Hbond substituents is 1. The quantitative estimate of drug-likeness (QED) is 0.400. The van der Waals surface area contributed by atoms with Gasteiger partial charge in [0, 0.05) is 23.7 Å². The number of benzene rings is 2. The molecule has 0 aliphatic heterocycles. The highest BCUT2D eigenvalue weighted by Crippen LogP contribution is 2.29. The lowest BCUT2D eigenvalue weighted by molar-refractivity contribution is 0.0921. The summed E-state index contributed by atoms with van der Waals surface area (Å²) in [5.41, 5.74) is -1.52. The van der Waals surface area contributed by atoms with E-state index < -0.39 is 34.7 Å². The lowest BCUT2D eigenvalue weighted by Crippen LogP contribution is -2.45. The van der Waals surface area contributed by atoms with Gasteiger partial charge in [-0.1, -0.05) is 0 Å². The molecule has 0 radical (unpaired) electrons. The SMILES string of the molecule is COc1cc(C(=O)N[C@H]2CC[C@@H](n3c(=O)c4cc(F)cnc4n(-c4ccc(F)c(F)c4)c3=O)CC2)ccc1O. The Morgan fingerprint density at radius 2 is 1.77 bits per heavy atom. The number of halogens is 3. The van der Waals surface area contributed by atoms with Gasteiger partial charge in [0.2, 0.25) is 0 Å². The molecule has 1 fully saturated rings. The first-order valence-electron chi connectivity index (χ1n) is 12.1. The van der Waals surface area contributed by atoms with Crippen molar-refractivity contribution in [3.05, 3.63) is 92.5 Å². The number of methoxy groups -OCH3 is 1. The number of hydrogen-bond acceptors (Lipinski definition) is 6. The summed E-state index contributed by atoms with van der Waals surface area (Å²) in [5, 5.41) is 12.5. The number of phenols is 1. The smallest absolute Gasteiger partial charge is 0.337 e. The average Bonchev–Trinajstić information content (AvgIpc) is 2.92. The minimum atomic E-state index is -1.20. The highest BCUT2D eigenvalue weighted by Gasteiger charge is 2.28. The Morgan fingerprint density at radius 1 is 1.03 bits per heavy atom. The average molecular weight is 540 g/mol. The van der Waals surface area contributed by atoms with Gasteiger partial charge in [0.25, 0.3) is 11.5 Å². The Morgan fingerprint density at radius 3 is 2.46 bits per heavy atom. The van der Waals surface area contributed by atoms with Crippen molar-refractivity contribution in [3.63, 3.8) is 0 Å². The Kier molecular flexibility index (Phi) is 6.85. The molecule has 4 aromatic rings. The van der Waals surface area contributed by atoms with Crippen molar-refractivity contribution in [1.82, 2.24) is 19.4 Å². The number of hydrogen-bond donors (Lipinski definition) is 2. The molecule has 0 saturated heterocycles. The third kappa shape index (κ3) is 4.85. The van der Waals surface area contributed by atoms with Gasteiger partial charge in [-0.2, -0.15) is 0 Å². The van der Waals surface area contributed by atoms with Crippen LogP contribution in [0, 0.1) is 17.5 Å². The van der Waals surface area contributed by atoms with E-state index in [1.165, 1.54) is 31.4 Å². The molecule has 0 unspecified atom stereocenters. The first kappa shape index (κ1) is 26.0. The van der Waals surface area contributed by atoms with Gasteiger partial charge in [-0.25, -0.2) is 27.5 Å². The molecule has 1 saturated carbocycles. The second-order valence-corrected chi connectivity index (χ2v) is 9.28. The Balaban J connectivity index is 1.45. The maximum atomic E-state index is 14.1. The minimum absolute atomic E-state index is 0.0676. The topological polar surface area (TPSA) is 115 Å². The fourth-order valence-corrected chi connectivity index (χ4v) is 4.93. The molecule has 2 heterocycles. The first-order valence-corrected chi connectivity index (χ1v) is 12.1. The van der Waals surface area contributed by atoms with Crippen LogP contribution in [0.5, 0.6) is 11.5 Å². The van der Waals surface area contributed by atoms with E-state index in [-0.39, 0.29) is 40.2 Å². The van der Waals surface area contributed by atoms with Crippen molar-refractivity contribution in [2.75, 3.05) is 7.11 Å². The van der Waals surface area contributed by atoms with Gasteiger partial charge >= 0.3 is 5.69 Å². The zero-order valence-electron chi connectivity index (χ0n) is 20.7. The predicted molar refractivity (Wildman–Crippen MR) is 135 cm³/mol. The zero-order chi connectivity index (χ0) is 27.8. The minimum Gasteiger partial charge on any atom is -0.504 e. The van der Waals surface area contributed by atoms with E-state index in [9.17, 15) is 32.7 Å². The van der Waals surface area contributed by atoms with Crippen molar-refractivity contribution in [2.45, 2.75) is 37.8 Å². The highest BCUT2D eigenvalue weighted by atomic mass is 19.2. The molecule has 1 amide bonds. The summed E-state index contributed by atoms with van der Waals surface area (Å²) >= 11 is 0. The number of carbonyl (C=O) groups is 1. The van der Waals surface area contributed by atoms with Crippen LogP contribution in [0.2, 0.25) is 0 Å². The number of aromatic hydroxyl groups is 1. The molecule has 0 bridgehead atoms. The number of amides is 1. The molecule has 1 aliphatic carbocycles. The van der Waals surface area contributed by atoms with Crippen molar-refractivity contribution in [3.8, 4) is 17.2 Å². The number of carbonyl (C=O) groups excluding carboxylic acids is 1. The lowest BCUT2D eigenvalue weighted by atomic mass is 9.90. The van der Waals surface area contributed by atoms with Crippen LogP contribution in [0.3, 0.4) is 0 Å². The monoisotopic (exact) mass is 540 g/mol.